The van der Waals surface area contributed by atoms with Gasteiger partial charge in [-0.05, 0) is 38.1 Å². The van der Waals surface area contributed by atoms with E-state index in [4.69, 9.17) is 0 Å². The van der Waals surface area contributed by atoms with Crippen molar-refractivity contribution in [3.8, 4) is 0 Å². The quantitative estimate of drug-likeness (QED) is 0.896. The lowest BCUT2D eigenvalue weighted by Crippen LogP contribution is -2.23. The third-order valence-corrected chi connectivity index (χ3v) is 2.86. The molecule has 0 atom stereocenters. The van der Waals surface area contributed by atoms with E-state index in [0.717, 1.165) is 24.6 Å². The van der Waals surface area contributed by atoms with Crippen LogP contribution in [0, 0.1) is 5.82 Å². The fourth-order valence-electron chi connectivity index (χ4n) is 1.82. The minimum Gasteiger partial charge on any atom is -0.357 e. The zero-order valence-electron chi connectivity index (χ0n) is 11.1. The lowest BCUT2D eigenvalue weighted by molar-refractivity contribution is 0.628. The van der Waals surface area contributed by atoms with Crippen LogP contribution >= 0.6 is 0 Å². The summed E-state index contributed by atoms with van der Waals surface area (Å²) in [5.74, 6) is 1.32. The summed E-state index contributed by atoms with van der Waals surface area (Å²) in [5.41, 5.74) is 0.797. The number of halogens is 1. The SMILES string of the molecule is CCN(CC)c1cc(Nc2ccc(F)cc2)ncn1. The zero-order valence-corrected chi connectivity index (χ0v) is 11.1. The summed E-state index contributed by atoms with van der Waals surface area (Å²) in [6, 6.07) is 8.06. The molecule has 5 heteroatoms. The van der Waals surface area contributed by atoms with Gasteiger partial charge in [-0.3, -0.25) is 0 Å². The van der Waals surface area contributed by atoms with Crippen molar-refractivity contribution in [1.29, 1.82) is 0 Å². The number of aromatic nitrogens is 2. The number of nitrogens with one attached hydrogen (secondary N) is 1. The summed E-state index contributed by atoms with van der Waals surface area (Å²) >= 11 is 0. The molecule has 0 aliphatic heterocycles. The van der Waals surface area contributed by atoms with Crippen molar-refractivity contribution in [3.63, 3.8) is 0 Å². The van der Waals surface area contributed by atoms with E-state index in [0.29, 0.717) is 5.82 Å². The Morgan fingerprint density at radius 1 is 1.11 bits per heavy atom. The molecule has 0 amide bonds. The van der Waals surface area contributed by atoms with Gasteiger partial charge in [0.15, 0.2) is 0 Å². The lowest BCUT2D eigenvalue weighted by Gasteiger charge is -2.19. The Kier molecular flexibility index (Phi) is 4.28. The monoisotopic (exact) mass is 260 g/mol. The van der Waals surface area contributed by atoms with Crippen LogP contribution < -0.4 is 10.2 Å². The molecule has 0 radical (unpaired) electrons. The molecule has 1 heterocycles. The molecule has 0 aliphatic rings. The van der Waals surface area contributed by atoms with E-state index < -0.39 is 0 Å². The van der Waals surface area contributed by atoms with Gasteiger partial charge in [-0.2, -0.15) is 0 Å². The second-order valence-electron chi connectivity index (χ2n) is 4.07. The van der Waals surface area contributed by atoms with Gasteiger partial charge in [-0.15, -0.1) is 0 Å². The van der Waals surface area contributed by atoms with Gasteiger partial charge in [-0.1, -0.05) is 0 Å². The molecule has 100 valence electrons. The Bertz CT molecular complexity index is 523. The molecular formula is C14H17FN4. The topological polar surface area (TPSA) is 41.0 Å². The van der Waals surface area contributed by atoms with E-state index in [-0.39, 0.29) is 5.82 Å². The van der Waals surface area contributed by atoms with Crippen molar-refractivity contribution < 1.29 is 4.39 Å². The number of hydrogen-bond donors (Lipinski definition) is 1. The van der Waals surface area contributed by atoms with Crippen LogP contribution in [0.15, 0.2) is 36.7 Å². The van der Waals surface area contributed by atoms with Crippen LogP contribution in [0.25, 0.3) is 0 Å². The third kappa shape index (κ3) is 3.40. The molecule has 0 aliphatic carbocycles. The zero-order chi connectivity index (χ0) is 13.7. The Morgan fingerprint density at radius 3 is 2.42 bits per heavy atom. The van der Waals surface area contributed by atoms with Gasteiger partial charge in [0.2, 0.25) is 0 Å². The molecule has 0 saturated carbocycles. The van der Waals surface area contributed by atoms with E-state index in [1.165, 1.54) is 18.5 Å². The summed E-state index contributed by atoms with van der Waals surface area (Å²) in [4.78, 5) is 10.6. The molecular weight excluding hydrogens is 243 g/mol. The predicted octanol–water partition coefficient (Wildman–Crippen LogP) is 3.21. The highest BCUT2D eigenvalue weighted by Crippen LogP contribution is 2.18. The summed E-state index contributed by atoms with van der Waals surface area (Å²) in [5, 5.41) is 3.13. The van der Waals surface area contributed by atoms with Crippen molar-refractivity contribution in [3.05, 3.63) is 42.5 Å². The van der Waals surface area contributed by atoms with E-state index in [2.05, 4.69) is 34.0 Å². The molecule has 0 spiro atoms. The number of nitrogens with zero attached hydrogens (tertiary/aromatic N) is 3. The van der Waals surface area contributed by atoms with Crippen LogP contribution in [0.2, 0.25) is 0 Å². The van der Waals surface area contributed by atoms with E-state index >= 15 is 0 Å². The Hall–Kier alpha value is -2.17. The summed E-state index contributed by atoms with van der Waals surface area (Å²) in [6.07, 6.45) is 1.53. The summed E-state index contributed by atoms with van der Waals surface area (Å²) in [6.45, 7) is 5.95. The average Bonchev–Trinajstić information content (AvgIpc) is 2.43. The average molecular weight is 260 g/mol. The maximum Gasteiger partial charge on any atom is 0.135 e. The number of anilines is 3. The van der Waals surface area contributed by atoms with Gasteiger partial charge in [-0.25, -0.2) is 14.4 Å². The second-order valence-corrected chi connectivity index (χ2v) is 4.07. The van der Waals surface area contributed by atoms with Crippen LogP contribution in [-0.4, -0.2) is 23.1 Å². The van der Waals surface area contributed by atoms with Crippen LogP contribution in [0.5, 0.6) is 0 Å². The van der Waals surface area contributed by atoms with Crippen LogP contribution in [0.1, 0.15) is 13.8 Å². The molecule has 2 aromatic rings. The highest BCUT2D eigenvalue weighted by molar-refractivity contribution is 5.59. The Morgan fingerprint density at radius 2 is 1.79 bits per heavy atom. The van der Waals surface area contributed by atoms with Crippen molar-refractivity contribution in [2.75, 3.05) is 23.3 Å². The largest absolute Gasteiger partial charge is 0.357 e. The van der Waals surface area contributed by atoms with Gasteiger partial charge in [0.25, 0.3) is 0 Å². The van der Waals surface area contributed by atoms with E-state index in [1.54, 1.807) is 12.1 Å². The molecule has 0 saturated heterocycles. The van der Waals surface area contributed by atoms with Crippen LogP contribution in [0.4, 0.5) is 21.7 Å². The summed E-state index contributed by atoms with van der Waals surface area (Å²) in [7, 11) is 0. The van der Waals surface area contributed by atoms with Gasteiger partial charge < -0.3 is 10.2 Å². The minimum atomic E-state index is -0.253. The first-order valence-corrected chi connectivity index (χ1v) is 6.32. The number of rotatable bonds is 5. The molecule has 0 fully saturated rings. The van der Waals surface area contributed by atoms with Crippen molar-refractivity contribution in [2.45, 2.75) is 13.8 Å². The normalized spacial score (nSPS) is 10.3. The Balaban J connectivity index is 2.17. The highest BCUT2D eigenvalue weighted by atomic mass is 19.1. The second kappa shape index (κ2) is 6.13. The minimum absolute atomic E-state index is 0.253. The molecule has 19 heavy (non-hydrogen) atoms. The van der Waals surface area contributed by atoms with Gasteiger partial charge in [0.1, 0.15) is 23.8 Å². The highest BCUT2D eigenvalue weighted by Gasteiger charge is 2.05. The van der Waals surface area contributed by atoms with E-state index in [9.17, 15) is 4.39 Å². The standard InChI is InChI=1S/C14H17FN4/c1-3-19(4-2)14-9-13(16-10-17-14)18-12-7-5-11(15)6-8-12/h5-10H,3-4H2,1-2H3,(H,16,17,18). The molecule has 0 bridgehead atoms. The molecule has 2 rings (SSSR count). The molecule has 4 nitrogen and oxygen atoms in total. The van der Waals surface area contributed by atoms with Crippen molar-refractivity contribution in [1.82, 2.24) is 9.97 Å². The lowest BCUT2D eigenvalue weighted by atomic mass is 10.3. The third-order valence-electron chi connectivity index (χ3n) is 2.86. The maximum absolute atomic E-state index is 12.8. The predicted molar refractivity (Wildman–Crippen MR) is 75.3 cm³/mol. The molecule has 1 aromatic carbocycles. The fourth-order valence-corrected chi connectivity index (χ4v) is 1.82. The molecule has 0 unspecified atom stereocenters. The first-order chi connectivity index (χ1) is 9.22. The molecule has 1 N–H and O–H groups in total. The van der Waals surface area contributed by atoms with Gasteiger partial charge >= 0.3 is 0 Å². The molecule has 1 aromatic heterocycles. The van der Waals surface area contributed by atoms with Crippen LogP contribution in [-0.2, 0) is 0 Å². The maximum atomic E-state index is 12.8. The number of hydrogen-bond acceptors (Lipinski definition) is 4. The Labute approximate surface area is 112 Å². The first-order valence-electron chi connectivity index (χ1n) is 6.32. The summed E-state index contributed by atoms with van der Waals surface area (Å²) < 4.78 is 12.8. The van der Waals surface area contributed by atoms with Crippen LogP contribution in [0.3, 0.4) is 0 Å². The smallest absolute Gasteiger partial charge is 0.135 e. The first kappa shape index (κ1) is 13.3. The number of benzene rings is 1. The fraction of sp³-hybridized carbons (Fsp3) is 0.286. The van der Waals surface area contributed by atoms with Crippen molar-refractivity contribution >= 4 is 17.3 Å². The van der Waals surface area contributed by atoms with Gasteiger partial charge in [0, 0.05) is 24.8 Å². The van der Waals surface area contributed by atoms with E-state index in [1.807, 2.05) is 6.07 Å². The van der Waals surface area contributed by atoms with Crippen molar-refractivity contribution in [2.24, 2.45) is 0 Å². The van der Waals surface area contributed by atoms with Gasteiger partial charge in [0.05, 0.1) is 0 Å².